The minimum atomic E-state index is -2.74. The molecular formula is C6H8ClMn4O7. The van der Waals surface area contributed by atoms with Crippen LogP contribution in [0.5, 0.6) is 0 Å². The summed E-state index contributed by atoms with van der Waals surface area (Å²) in [4.78, 5) is 30.5. The fourth-order valence-corrected chi connectivity index (χ4v) is 0.714. The van der Waals surface area contributed by atoms with Crippen molar-refractivity contribution in [1.29, 1.82) is 0 Å². The molecule has 109 valence electrons. The number of rotatable bonds is 5. The summed E-state index contributed by atoms with van der Waals surface area (Å²) in [7, 11) is 4.45. The molecular weight excluding hydrogens is 439 g/mol. The Hall–Kier alpha value is 0.738. The zero-order chi connectivity index (χ0) is 12.6. The van der Waals surface area contributed by atoms with E-state index in [-0.39, 0.29) is 51.2 Å². The van der Waals surface area contributed by atoms with Crippen LogP contribution in [-0.4, -0.2) is 43.9 Å². The van der Waals surface area contributed by atoms with Gasteiger partial charge in [0.25, 0.3) is 0 Å². The Morgan fingerprint density at radius 3 is 1.22 bits per heavy atom. The standard InChI is InChI=1S/C6H8O7.ClH.4Mn/c7-3(8)1-6(13,5(11)12)2-4(9)10;;;;;/h13H,1-2H2,(H,7,8)(H,9,10)(H,11,12);1H;;;;/q;;;;;+1/p-1. The van der Waals surface area contributed by atoms with Gasteiger partial charge in [0.2, 0.25) is 0 Å². The predicted molar refractivity (Wildman–Crippen MR) is 42.9 cm³/mol. The second-order valence-electron chi connectivity index (χ2n) is 2.48. The quantitative estimate of drug-likeness (QED) is 0.415. The van der Waals surface area contributed by atoms with Crippen LogP contribution in [0.4, 0.5) is 0 Å². The molecule has 0 atom stereocenters. The minimum absolute atomic E-state index is 0. The van der Waals surface area contributed by atoms with E-state index in [9.17, 15) is 14.4 Å². The molecule has 0 saturated carbocycles. The van der Waals surface area contributed by atoms with Gasteiger partial charge in [-0.3, -0.25) is 9.59 Å². The van der Waals surface area contributed by atoms with Gasteiger partial charge in [0.1, 0.15) is 0 Å². The molecule has 0 unspecified atom stereocenters. The number of aliphatic carboxylic acids is 3. The number of carboxylic acid groups (broad SMARTS) is 3. The summed E-state index contributed by atoms with van der Waals surface area (Å²) in [6.45, 7) is 0. The average molecular weight is 447 g/mol. The Balaban J connectivity index is -0.000000107. The first-order valence-electron chi connectivity index (χ1n) is 3.31. The van der Waals surface area contributed by atoms with Crippen molar-refractivity contribution in [2.24, 2.45) is 0 Å². The number of hydrogen-bond donors (Lipinski definition) is 4. The first-order valence-corrected chi connectivity index (χ1v) is 4.94. The van der Waals surface area contributed by atoms with E-state index >= 15 is 0 Å². The van der Waals surface area contributed by atoms with Crippen molar-refractivity contribution in [2.75, 3.05) is 0 Å². The Labute approximate surface area is 146 Å². The third-order valence-electron chi connectivity index (χ3n) is 1.29. The second-order valence-corrected chi connectivity index (χ2v) is 2.48. The van der Waals surface area contributed by atoms with Gasteiger partial charge >= 0.3 is 43.1 Å². The molecule has 7 nitrogen and oxygen atoms in total. The van der Waals surface area contributed by atoms with E-state index in [2.05, 4.69) is 25.2 Å². The SMILES string of the molecule is O=C(O)CC(O)(CC(=O)O)C(=O)O.[Cl][Mn].[Mn].[Mn].[Mn]. The van der Waals surface area contributed by atoms with Gasteiger partial charge in [-0.25, -0.2) is 4.79 Å². The molecule has 0 saturated heterocycles. The van der Waals surface area contributed by atoms with E-state index in [0.717, 1.165) is 0 Å². The van der Waals surface area contributed by atoms with Crippen molar-refractivity contribution in [2.45, 2.75) is 18.4 Å². The first-order chi connectivity index (χ1) is 6.78. The van der Waals surface area contributed by atoms with E-state index in [1.807, 2.05) is 0 Å². The number of carboxylic acids is 3. The Morgan fingerprint density at radius 1 is 0.889 bits per heavy atom. The van der Waals surface area contributed by atoms with Gasteiger partial charge in [-0.2, -0.15) is 0 Å². The fourth-order valence-electron chi connectivity index (χ4n) is 0.714. The second kappa shape index (κ2) is 15.8. The summed E-state index contributed by atoms with van der Waals surface area (Å²) < 4.78 is 0. The zero-order valence-electron chi connectivity index (χ0n) is 8.32. The summed E-state index contributed by atoms with van der Waals surface area (Å²) in [6.07, 6.45) is -2.29. The van der Waals surface area contributed by atoms with Gasteiger partial charge < -0.3 is 20.4 Å². The molecule has 0 fully saturated rings. The van der Waals surface area contributed by atoms with Crippen LogP contribution in [0.3, 0.4) is 0 Å². The van der Waals surface area contributed by atoms with Gasteiger partial charge in [-0.1, -0.05) is 0 Å². The summed E-state index contributed by atoms with van der Waals surface area (Å²) >= 11 is 2.41. The maximum Gasteiger partial charge on any atom is 0 e. The smallest absolute Gasteiger partial charge is 0 e. The molecule has 18 heavy (non-hydrogen) atoms. The van der Waals surface area contributed by atoms with Gasteiger partial charge in [0, 0.05) is 51.2 Å². The van der Waals surface area contributed by atoms with Crippen molar-refractivity contribution >= 4 is 28.0 Å². The number of carbonyl (C=O) groups is 3. The minimum Gasteiger partial charge on any atom is 0 e. The maximum absolute atomic E-state index is 10.3. The third kappa shape index (κ3) is 14.8. The molecule has 0 aromatic heterocycles. The van der Waals surface area contributed by atoms with E-state index < -0.39 is 36.4 Å². The van der Waals surface area contributed by atoms with Crippen molar-refractivity contribution in [1.82, 2.24) is 0 Å². The van der Waals surface area contributed by atoms with Crippen LogP contribution in [-0.2, 0) is 80.7 Å². The van der Waals surface area contributed by atoms with Crippen molar-refractivity contribution < 1.29 is 101 Å². The molecule has 0 rings (SSSR count). The van der Waals surface area contributed by atoms with Crippen LogP contribution in [0.2, 0.25) is 0 Å². The van der Waals surface area contributed by atoms with Gasteiger partial charge in [-0.05, 0) is 0 Å². The van der Waals surface area contributed by atoms with E-state index in [4.69, 9.17) is 20.4 Å². The van der Waals surface area contributed by atoms with Crippen LogP contribution >= 0.6 is 10.1 Å². The van der Waals surface area contributed by atoms with Crippen LogP contribution < -0.4 is 0 Å². The third-order valence-corrected chi connectivity index (χ3v) is 1.29. The van der Waals surface area contributed by atoms with Crippen LogP contribution in [0.25, 0.3) is 0 Å². The van der Waals surface area contributed by atoms with Crippen molar-refractivity contribution in [3.8, 4) is 0 Å². The Bertz CT molecular complexity index is 246. The summed E-state index contributed by atoms with van der Waals surface area (Å²) in [5.41, 5.74) is -2.74. The molecule has 0 aromatic rings. The summed E-state index contributed by atoms with van der Waals surface area (Å²) in [5, 5.41) is 33.8. The predicted octanol–water partition coefficient (Wildman–Crippen LogP) is -0.569. The summed E-state index contributed by atoms with van der Waals surface area (Å²) in [6, 6.07) is 0. The van der Waals surface area contributed by atoms with Crippen LogP contribution in [0.15, 0.2) is 0 Å². The fraction of sp³-hybridized carbons (Fsp3) is 0.500. The Kier molecular flexibility index (Phi) is 27.4. The molecule has 0 amide bonds. The average Bonchev–Trinajstić information content (AvgIpc) is 2.04. The number of hydrogen-bond acceptors (Lipinski definition) is 4. The maximum atomic E-state index is 10.3. The number of aliphatic hydroxyl groups is 1. The molecule has 0 heterocycles. The monoisotopic (exact) mass is 447 g/mol. The molecule has 0 aliphatic carbocycles. The van der Waals surface area contributed by atoms with Crippen LogP contribution in [0.1, 0.15) is 12.8 Å². The van der Waals surface area contributed by atoms with Gasteiger partial charge in [-0.15, -0.1) is 0 Å². The molecule has 0 bridgehead atoms. The van der Waals surface area contributed by atoms with E-state index in [1.165, 1.54) is 0 Å². The topological polar surface area (TPSA) is 132 Å². The van der Waals surface area contributed by atoms with E-state index in [0.29, 0.717) is 0 Å². The van der Waals surface area contributed by atoms with Crippen molar-refractivity contribution in [3.63, 3.8) is 0 Å². The van der Waals surface area contributed by atoms with E-state index in [1.54, 1.807) is 0 Å². The zero-order valence-corrected chi connectivity index (χ0v) is 13.8. The first kappa shape index (κ1) is 31.2. The van der Waals surface area contributed by atoms with Crippen molar-refractivity contribution in [3.05, 3.63) is 0 Å². The molecule has 0 aliphatic rings. The molecule has 12 heteroatoms. The summed E-state index contributed by atoms with van der Waals surface area (Å²) in [5.74, 6) is -5.02. The van der Waals surface area contributed by atoms with Gasteiger partial charge in [0.15, 0.2) is 5.60 Å². The molecule has 0 aromatic carbocycles. The number of halogens is 1. The van der Waals surface area contributed by atoms with Gasteiger partial charge in [0.05, 0.1) is 12.8 Å². The molecule has 0 spiro atoms. The Morgan fingerprint density at radius 2 is 1.11 bits per heavy atom. The normalized spacial score (nSPS) is 8.17. The largest absolute Gasteiger partial charge is 0 e. The van der Waals surface area contributed by atoms with Crippen LogP contribution in [0, 0.1) is 0 Å². The molecule has 4 N–H and O–H groups in total. The molecule has 3 radical (unpaired) electrons. The molecule has 0 aliphatic heterocycles.